The number of hydrogen-bond donors (Lipinski definition) is 1. The molecule has 1 aromatic rings. The number of carbonyl (C=O) groups is 1. The summed E-state index contributed by atoms with van der Waals surface area (Å²) in [6.45, 7) is 6.05. The molecular weight excluding hydrogens is 230 g/mol. The van der Waals surface area contributed by atoms with E-state index < -0.39 is 5.97 Å². The fraction of sp³-hybridized carbons (Fsp3) is 0.692. The van der Waals surface area contributed by atoms with E-state index in [2.05, 4.69) is 30.0 Å². The highest BCUT2D eigenvalue weighted by molar-refractivity contribution is 5.67. The molecule has 18 heavy (non-hydrogen) atoms. The fourth-order valence-electron chi connectivity index (χ4n) is 2.75. The second-order valence-electron chi connectivity index (χ2n) is 4.94. The molecule has 2 unspecified atom stereocenters. The molecule has 100 valence electrons. The van der Waals surface area contributed by atoms with Crippen molar-refractivity contribution >= 4 is 5.97 Å². The van der Waals surface area contributed by atoms with E-state index in [1.807, 2.05) is 10.9 Å². The van der Waals surface area contributed by atoms with Gasteiger partial charge in [0.25, 0.3) is 0 Å². The number of aromatic nitrogens is 2. The van der Waals surface area contributed by atoms with Crippen LogP contribution in [-0.2, 0) is 11.3 Å². The van der Waals surface area contributed by atoms with Crippen molar-refractivity contribution in [3.05, 3.63) is 18.0 Å². The number of hydrogen-bond acceptors (Lipinski definition) is 3. The highest BCUT2D eigenvalue weighted by Gasteiger charge is 2.31. The molecule has 2 rings (SSSR count). The number of rotatable bonds is 5. The lowest BCUT2D eigenvalue weighted by molar-refractivity contribution is -0.138. The van der Waals surface area contributed by atoms with Crippen molar-refractivity contribution in [3.63, 3.8) is 0 Å². The van der Waals surface area contributed by atoms with Crippen LogP contribution in [0.3, 0.4) is 0 Å². The molecule has 1 fully saturated rings. The number of aryl methyl sites for hydroxylation is 1. The Morgan fingerprint density at radius 2 is 2.44 bits per heavy atom. The topological polar surface area (TPSA) is 58.4 Å². The maximum absolute atomic E-state index is 10.9. The summed E-state index contributed by atoms with van der Waals surface area (Å²) in [5.74, 6) is -0.705. The molecule has 1 aliphatic heterocycles. The van der Waals surface area contributed by atoms with Crippen molar-refractivity contribution < 1.29 is 9.90 Å². The Labute approximate surface area is 107 Å². The Kier molecular flexibility index (Phi) is 4.01. The summed E-state index contributed by atoms with van der Waals surface area (Å²) in [6.07, 6.45) is 6.26. The summed E-state index contributed by atoms with van der Waals surface area (Å²) in [4.78, 5) is 13.2. The van der Waals surface area contributed by atoms with Crippen LogP contribution < -0.4 is 0 Å². The third-order valence-corrected chi connectivity index (χ3v) is 3.79. The second kappa shape index (κ2) is 5.52. The summed E-state index contributed by atoms with van der Waals surface area (Å²) in [5.41, 5.74) is 1.18. The van der Waals surface area contributed by atoms with Gasteiger partial charge in [0.2, 0.25) is 0 Å². The summed E-state index contributed by atoms with van der Waals surface area (Å²) in [6, 6.07) is 0.416. The fourth-order valence-corrected chi connectivity index (χ4v) is 2.75. The van der Waals surface area contributed by atoms with Crippen molar-refractivity contribution in [3.8, 4) is 0 Å². The molecule has 0 spiro atoms. The van der Waals surface area contributed by atoms with Crippen LogP contribution >= 0.6 is 0 Å². The van der Waals surface area contributed by atoms with Gasteiger partial charge in [-0.05, 0) is 33.2 Å². The average Bonchev–Trinajstić information content (AvgIpc) is 2.95. The predicted octanol–water partition coefficient (Wildman–Crippen LogP) is 1.90. The van der Waals surface area contributed by atoms with E-state index in [-0.39, 0.29) is 18.5 Å². The summed E-state index contributed by atoms with van der Waals surface area (Å²) < 4.78 is 1.91. The lowest BCUT2D eigenvalue weighted by Gasteiger charge is -2.29. The number of nitrogens with zero attached hydrogens (tertiary/aromatic N) is 3. The van der Waals surface area contributed by atoms with Crippen molar-refractivity contribution in [1.29, 1.82) is 0 Å². The molecule has 0 saturated carbocycles. The molecule has 5 nitrogen and oxygen atoms in total. The van der Waals surface area contributed by atoms with Crippen molar-refractivity contribution in [2.24, 2.45) is 0 Å². The molecule has 5 heteroatoms. The first-order chi connectivity index (χ1) is 8.61. The maximum Gasteiger partial charge on any atom is 0.304 e. The summed E-state index contributed by atoms with van der Waals surface area (Å²) >= 11 is 0. The Morgan fingerprint density at radius 3 is 3.06 bits per heavy atom. The first-order valence-corrected chi connectivity index (χ1v) is 6.61. The monoisotopic (exact) mass is 251 g/mol. The predicted molar refractivity (Wildman–Crippen MR) is 68.3 cm³/mol. The molecule has 0 amide bonds. The molecule has 1 saturated heterocycles. The standard InChI is InChI=1S/C13H21N3O2/c1-3-15-9-11(8-14-15)10(2)16-6-4-5-12(16)7-13(17)18/h8-10,12H,3-7H2,1-2H3,(H,17,18). The smallest absolute Gasteiger partial charge is 0.304 e. The zero-order valence-corrected chi connectivity index (χ0v) is 11.0. The van der Waals surface area contributed by atoms with Gasteiger partial charge in [-0.15, -0.1) is 0 Å². The number of aliphatic carboxylic acids is 1. The van der Waals surface area contributed by atoms with Gasteiger partial charge in [0.15, 0.2) is 0 Å². The van der Waals surface area contributed by atoms with E-state index in [1.54, 1.807) is 0 Å². The molecule has 0 bridgehead atoms. The van der Waals surface area contributed by atoms with E-state index in [4.69, 9.17) is 5.11 Å². The van der Waals surface area contributed by atoms with Crippen molar-refractivity contribution in [2.45, 2.75) is 51.7 Å². The lowest BCUT2D eigenvalue weighted by Crippen LogP contribution is -2.33. The Hall–Kier alpha value is -1.36. The van der Waals surface area contributed by atoms with Crippen LogP contribution in [0.5, 0.6) is 0 Å². The first kappa shape index (κ1) is 13.1. The Bertz CT molecular complexity index is 416. The Morgan fingerprint density at radius 1 is 1.67 bits per heavy atom. The summed E-state index contributed by atoms with van der Waals surface area (Å²) in [7, 11) is 0. The molecule has 0 radical (unpaired) electrons. The van der Waals surface area contributed by atoms with E-state index in [1.165, 1.54) is 5.56 Å². The average molecular weight is 251 g/mol. The van der Waals surface area contributed by atoms with Crippen LogP contribution in [0.2, 0.25) is 0 Å². The van der Waals surface area contributed by atoms with Crippen molar-refractivity contribution in [1.82, 2.24) is 14.7 Å². The highest BCUT2D eigenvalue weighted by Crippen LogP contribution is 2.30. The molecule has 2 heterocycles. The quantitative estimate of drug-likeness (QED) is 0.868. The van der Waals surface area contributed by atoms with Crippen LogP contribution in [0, 0.1) is 0 Å². The van der Waals surface area contributed by atoms with Crippen LogP contribution in [0.15, 0.2) is 12.4 Å². The summed E-state index contributed by atoms with van der Waals surface area (Å²) in [5, 5.41) is 13.2. The van der Waals surface area contributed by atoms with Gasteiger partial charge in [0.1, 0.15) is 0 Å². The zero-order valence-electron chi connectivity index (χ0n) is 11.0. The van der Waals surface area contributed by atoms with Gasteiger partial charge in [-0.2, -0.15) is 5.10 Å². The molecular formula is C13H21N3O2. The van der Waals surface area contributed by atoms with Crippen LogP contribution in [0.4, 0.5) is 0 Å². The van der Waals surface area contributed by atoms with E-state index in [9.17, 15) is 4.79 Å². The van der Waals surface area contributed by atoms with Gasteiger partial charge < -0.3 is 5.11 Å². The minimum Gasteiger partial charge on any atom is -0.481 e. The van der Waals surface area contributed by atoms with Crippen LogP contribution in [0.1, 0.15) is 44.7 Å². The Balaban J connectivity index is 2.07. The number of carboxylic acids is 1. The molecule has 0 aromatic carbocycles. The van der Waals surface area contributed by atoms with Gasteiger partial charge in [0.05, 0.1) is 12.6 Å². The molecule has 1 N–H and O–H groups in total. The SMILES string of the molecule is CCn1cc(C(C)N2CCCC2CC(=O)O)cn1. The van der Waals surface area contributed by atoms with Gasteiger partial charge in [-0.25, -0.2) is 0 Å². The van der Waals surface area contributed by atoms with Gasteiger partial charge in [-0.1, -0.05) is 0 Å². The zero-order chi connectivity index (χ0) is 13.1. The molecule has 0 aliphatic carbocycles. The van der Waals surface area contributed by atoms with Gasteiger partial charge in [-0.3, -0.25) is 14.4 Å². The third kappa shape index (κ3) is 2.72. The maximum atomic E-state index is 10.9. The molecule has 1 aromatic heterocycles. The second-order valence-corrected chi connectivity index (χ2v) is 4.94. The molecule has 2 atom stereocenters. The van der Waals surface area contributed by atoms with E-state index >= 15 is 0 Å². The van der Waals surface area contributed by atoms with Crippen LogP contribution in [-0.4, -0.2) is 38.3 Å². The minimum atomic E-state index is -0.705. The third-order valence-electron chi connectivity index (χ3n) is 3.79. The van der Waals surface area contributed by atoms with E-state index in [0.717, 1.165) is 25.9 Å². The van der Waals surface area contributed by atoms with E-state index in [0.29, 0.717) is 0 Å². The normalized spacial score (nSPS) is 22.2. The van der Waals surface area contributed by atoms with Gasteiger partial charge in [0, 0.05) is 30.4 Å². The number of carboxylic acid groups (broad SMARTS) is 1. The highest BCUT2D eigenvalue weighted by atomic mass is 16.4. The van der Waals surface area contributed by atoms with Crippen molar-refractivity contribution in [2.75, 3.05) is 6.54 Å². The first-order valence-electron chi connectivity index (χ1n) is 6.61. The van der Waals surface area contributed by atoms with Gasteiger partial charge >= 0.3 is 5.97 Å². The lowest BCUT2D eigenvalue weighted by atomic mass is 10.1. The largest absolute Gasteiger partial charge is 0.481 e. The minimum absolute atomic E-state index is 0.169. The molecule has 1 aliphatic rings. The number of likely N-dealkylation sites (tertiary alicyclic amines) is 1. The van der Waals surface area contributed by atoms with Crippen LogP contribution in [0.25, 0.3) is 0 Å².